The number of carbonyl (C=O) groups excluding carboxylic acids is 1. The van der Waals surface area contributed by atoms with E-state index in [4.69, 9.17) is 9.90 Å². The molecule has 1 radical (unpaired) electrons. The third kappa shape index (κ3) is 8.85. The van der Waals surface area contributed by atoms with Gasteiger partial charge in [-0.25, -0.2) is 0 Å². The minimum atomic E-state index is 0. The molecule has 0 amide bonds. The Hall–Kier alpha value is 0.314. The maximum Gasteiger partial charge on any atom is 0.145 e. The number of carbonyl (C=O) groups is 1. The van der Waals surface area contributed by atoms with E-state index in [9.17, 15) is 0 Å². The molecule has 0 heterocycles. The zero-order valence-electron chi connectivity index (χ0n) is 3.16. The molecule has 0 aromatic rings. The molecule has 0 bridgehead atoms. The van der Waals surface area contributed by atoms with Gasteiger partial charge in [0, 0.05) is 38.8 Å². The van der Waals surface area contributed by atoms with Gasteiger partial charge >= 0.3 is 0 Å². The predicted octanol–water partition coefficient (Wildman–Crippen LogP) is 0.254. The van der Waals surface area contributed by atoms with E-state index in [0.29, 0.717) is 12.5 Å². The minimum absolute atomic E-state index is 0. The molecule has 0 rings (SSSR count). The predicted molar refractivity (Wildman–Crippen MR) is 17.8 cm³/mol. The fourth-order valence-electron chi connectivity index (χ4n) is 0.0351. The van der Waals surface area contributed by atoms with Crippen LogP contribution < -0.4 is 0 Å². The van der Waals surface area contributed by atoms with Crippen LogP contribution in [0.1, 0.15) is 0 Å². The van der Waals surface area contributed by atoms with Gasteiger partial charge in [-0.3, -0.25) is 4.79 Å². The van der Waals surface area contributed by atoms with Crippen molar-refractivity contribution in [3.05, 3.63) is 12.3 Å². The smallest absolute Gasteiger partial charge is 0.145 e. The molecule has 0 aliphatic heterocycles. The average molecular weight is 161 g/mol. The molecule has 31 valence electrons. The molecular weight excluding hydrogens is 157 g/mol. The SMILES string of the molecule is O=C/C=C/O.[Y]. The molecule has 0 atom stereocenters. The van der Waals surface area contributed by atoms with Crippen molar-refractivity contribution in [2.45, 2.75) is 0 Å². The van der Waals surface area contributed by atoms with Crippen molar-refractivity contribution in [2.24, 2.45) is 0 Å². The van der Waals surface area contributed by atoms with Crippen LogP contribution in [0.5, 0.6) is 0 Å². The van der Waals surface area contributed by atoms with E-state index < -0.39 is 0 Å². The van der Waals surface area contributed by atoms with Gasteiger partial charge in [0.05, 0.1) is 6.26 Å². The Kier molecular flexibility index (Phi) is 14.4. The molecule has 2 nitrogen and oxygen atoms in total. The maximum atomic E-state index is 9.16. The van der Waals surface area contributed by atoms with E-state index >= 15 is 0 Å². The molecule has 0 saturated carbocycles. The standard InChI is InChI=1S/C3H4O2.Y/c4-2-1-3-5;/h1-4H;/b2-1+;. The van der Waals surface area contributed by atoms with Crippen LogP contribution >= 0.6 is 0 Å². The van der Waals surface area contributed by atoms with Crippen molar-refractivity contribution < 1.29 is 42.6 Å². The summed E-state index contributed by atoms with van der Waals surface area (Å²) in [5.74, 6) is 0. The molecule has 3 heteroatoms. The van der Waals surface area contributed by atoms with E-state index in [1.807, 2.05) is 0 Å². The monoisotopic (exact) mass is 161 g/mol. The van der Waals surface area contributed by atoms with E-state index in [2.05, 4.69) is 0 Å². The molecule has 0 aromatic carbocycles. The number of allylic oxidation sites excluding steroid dienone is 1. The van der Waals surface area contributed by atoms with Gasteiger partial charge in [-0.1, -0.05) is 0 Å². The molecule has 0 unspecified atom stereocenters. The van der Waals surface area contributed by atoms with Crippen LogP contribution in [0, 0.1) is 0 Å². The van der Waals surface area contributed by atoms with E-state index in [1.165, 1.54) is 0 Å². The van der Waals surface area contributed by atoms with Gasteiger partial charge in [-0.05, 0) is 0 Å². The zero-order valence-corrected chi connectivity index (χ0v) is 6.00. The van der Waals surface area contributed by atoms with Crippen LogP contribution in [0.3, 0.4) is 0 Å². The first-order valence-electron chi connectivity index (χ1n) is 1.16. The maximum absolute atomic E-state index is 9.16. The fourth-order valence-corrected chi connectivity index (χ4v) is 0.0351. The summed E-state index contributed by atoms with van der Waals surface area (Å²) in [4.78, 5) is 9.16. The average Bonchev–Trinajstić information content (AvgIpc) is 1.41. The Morgan fingerprint density at radius 3 is 2.00 bits per heavy atom. The third-order valence-corrected chi connectivity index (χ3v) is 0.165. The van der Waals surface area contributed by atoms with Crippen LogP contribution in [-0.2, 0) is 37.5 Å². The van der Waals surface area contributed by atoms with Crippen molar-refractivity contribution >= 4 is 6.29 Å². The van der Waals surface area contributed by atoms with Crippen LogP contribution in [0.4, 0.5) is 0 Å². The molecule has 0 spiro atoms. The van der Waals surface area contributed by atoms with Gasteiger partial charge in [0.25, 0.3) is 0 Å². The number of hydrogen-bond donors (Lipinski definition) is 1. The van der Waals surface area contributed by atoms with Crippen molar-refractivity contribution in [3.63, 3.8) is 0 Å². The molecule has 6 heavy (non-hydrogen) atoms. The molecule has 0 aromatic heterocycles. The van der Waals surface area contributed by atoms with Gasteiger partial charge in [0.2, 0.25) is 0 Å². The molecule has 0 aliphatic rings. The number of aliphatic hydroxyl groups excluding tert-OH is 1. The summed E-state index contributed by atoms with van der Waals surface area (Å²) in [6.45, 7) is 0. The number of aldehydes is 1. The quantitative estimate of drug-likeness (QED) is 0.340. The van der Waals surface area contributed by atoms with Gasteiger partial charge in [0.15, 0.2) is 0 Å². The van der Waals surface area contributed by atoms with E-state index in [-0.39, 0.29) is 32.7 Å². The third-order valence-electron chi connectivity index (χ3n) is 0.165. The molecule has 1 N–H and O–H groups in total. The zero-order chi connectivity index (χ0) is 4.12. The number of aliphatic hydroxyl groups is 1. The summed E-state index contributed by atoms with van der Waals surface area (Å²) in [6, 6.07) is 0. The number of hydrogen-bond acceptors (Lipinski definition) is 2. The van der Waals surface area contributed by atoms with Gasteiger partial charge in [-0.2, -0.15) is 0 Å². The summed E-state index contributed by atoms with van der Waals surface area (Å²) in [7, 11) is 0. The van der Waals surface area contributed by atoms with Crippen molar-refractivity contribution in [3.8, 4) is 0 Å². The molecule has 0 fully saturated rings. The Bertz CT molecular complexity index is 50.8. The second kappa shape index (κ2) is 9.00. The summed E-state index contributed by atoms with van der Waals surface area (Å²) < 4.78 is 0. The Morgan fingerprint density at radius 1 is 1.50 bits per heavy atom. The Morgan fingerprint density at radius 2 is 2.00 bits per heavy atom. The van der Waals surface area contributed by atoms with Crippen LogP contribution in [0.15, 0.2) is 12.3 Å². The van der Waals surface area contributed by atoms with Gasteiger partial charge < -0.3 is 5.11 Å². The van der Waals surface area contributed by atoms with Crippen LogP contribution in [0.2, 0.25) is 0 Å². The summed E-state index contributed by atoms with van der Waals surface area (Å²) in [6.07, 6.45) is 2.19. The second-order valence-electron chi connectivity index (χ2n) is 0.478. The van der Waals surface area contributed by atoms with E-state index in [1.54, 1.807) is 0 Å². The van der Waals surface area contributed by atoms with Crippen LogP contribution in [0.25, 0.3) is 0 Å². The minimum Gasteiger partial charge on any atom is -0.515 e. The number of rotatable bonds is 1. The molecule has 0 aliphatic carbocycles. The first-order valence-corrected chi connectivity index (χ1v) is 1.16. The molecular formula is C3H4O2Y. The van der Waals surface area contributed by atoms with E-state index in [0.717, 1.165) is 6.08 Å². The largest absolute Gasteiger partial charge is 0.515 e. The Labute approximate surface area is 61.1 Å². The van der Waals surface area contributed by atoms with Crippen molar-refractivity contribution in [2.75, 3.05) is 0 Å². The van der Waals surface area contributed by atoms with Gasteiger partial charge in [-0.15, -0.1) is 0 Å². The van der Waals surface area contributed by atoms with Crippen molar-refractivity contribution in [1.82, 2.24) is 0 Å². The molecule has 0 saturated heterocycles. The first-order chi connectivity index (χ1) is 2.41. The van der Waals surface area contributed by atoms with Crippen molar-refractivity contribution in [1.29, 1.82) is 0 Å². The second-order valence-corrected chi connectivity index (χ2v) is 0.478. The fraction of sp³-hybridized carbons (Fsp3) is 0. The first kappa shape index (κ1) is 9.58. The Balaban J connectivity index is 0. The summed E-state index contributed by atoms with van der Waals surface area (Å²) in [5.41, 5.74) is 0. The van der Waals surface area contributed by atoms with Crippen LogP contribution in [-0.4, -0.2) is 11.4 Å². The van der Waals surface area contributed by atoms with Gasteiger partial charge in [0.1, 0.15) is 6.29 Å². The topological polar surface area (TPSA) is 37.3 Å². The normalized spacial score (nSPS) is 7.33. The summed E-state index contributed by atoms with van der Waals surface area (Å²) >= 11 is 0. The summed E-state index contributed by atoms with van der Waals surface area (Å²) in [5, 5.41) is 7.65.